The maximum atomic E-state index is 12.8. The second-order valence-corrected chi connectivity index (χ2v) is 7.62. The van der Waals surface area contributed by atoms with E-state index < -0.39 is 0 Å². The Kier molecular flexibility index (Phi) is 5.81. The van der Waals surface area contributed by atoms with Crippen LogP contribution in [0.25, 0.3) is 0 Å². The van der Waals surface area contributed by atoms with Crippen LogP contribution in [0.4, 0.5) is 11.4 Å². The van der Waals surface area contributed by atoms with E-state index >= 15 is 0 Å². The van der Waals surface area contributed by atoms with Crippen LogP contribution in [0.5, 0.6) is 0 Å². The summed E-state index contributed by atoms with van der Waals surface area (Å²) >= 11 is 0. The molecule has 2 heterocycles. The van der Waals surface area contributed by atoms with Gasteiger partial charge < -0.3 is 19.4 Å². The molecule has 2 fully saturated rings. The van der Waals surface area contributed by atoms with Crippen molar-refractivity contribution in [2.45, 2.75) is 19.4 Å². The van der Waals surface area contributed by atoms with Crippen LogP contribution in [0, 0.1) is 0 Å². The summed E-state index contributed by atoms with van der Waals surface area (Å²) < 4.78 is 5.40. The highest BCUT2D eigenvalue weighted by atomic mass is 16.5. The number of rotatable bonds is 5. The zero-order chi connectivity index (χ0) is 20.2. The number of hydrogen-bond acceptors (Lipinski definition) is 4. The predicted octanol–water partition coefficient (Wildman–Crippen LogP) is 2.92. The standard InChI is InChI=1S/C23H27N3O3/c1-24(17-18-4-8-20(9-5-18)25-13-15-29-16-14-25)23(28)19-6-10-21(11-7-19)26-12-2-3-22(26)27/h4-11H,2-3,12-17H2,1H3. The van der Waals surface area contributed by atoms with Crippen molar-refractivity contribution < 1.29 is 14.3 Å². The van der Waals surface area contributed by atoms with E-state index in [1.807, 2.05) is 19.2 Å². The largest absolute Gasteiger partial charge is 0.378 e. The van der Waals surface area contributed by atoms with Gasteiger partial charge in [0.15, 0.2) is 0 Å². The molecule has 2 aliphatic rings. The van der Waals surface area contributed by atoms with Gasteiger partial charge in [-0.1, -0.05) is 12.1 Å². The lowest BCUT2D eigenvalue weighted by Gasteiger charge is -2.29. The number of benzene rings is 2. The molecule has 0 spiro atoms. The van der Waals surface area contributed by atoms with Crippen LogP contribution in [0.15, 0.2) is 48.5 Å². The van der Waals surface area contributed by atoms with Crippen LogP contribution in [0.1, 0.15) is 28.8 Å². The molecule has 2 amide bonds. The molecule has 0 radical (unpaired) electrons. The fraction of sp³-hybridized carbons (Fsp3) is 0.391. The number of ether oxygens (including phenoxy) is 1. The first kappa shape index (κ1) is 19.5. The summed E-state index contributed by atoms with van der Waals surface area (Å²) in [6, 6.07) is 15.7. The van der Waals surface area contributed by atoms with Gasteiger partial charge in [-0.3, -0.25) is 9.59 Å². The topological polar surface area (TPSA) is 53.1 Å². The lowest BCUT2D eigenvalue weighted by Crippen LogP contribution is -2.36. The number of carbonyl (C=O) groups excluding carboxylic acids is 2. The van der Waals surface area contributed by atoms with Crippen molar-refractivity contribution >= 4 is 23.2 Å². The first-order valence-corrected chi connectivity index (χ1v) is 10.2. The second kappa shape index (κ2) is 8.66. The molecule has 2 aromatic carbocycles. The van der Waals surface area contributed by atoms with Gasteiger partial charge in [-0.05, 0) is 48.4 Å². The lowest BCUT2D eigenvalue weighted by atomic mass is 10.1. The molecule has 2 aliphatic heterocycles. The van der Waals surface area contributed by atoms with Crippen LogP contribution in [0.3, 0.4) is 0 Å². The Labute approximate surface area is 171 Å². The Bertz CT molecular complexity index is 858. The molecule has 29 heavy (non-hydrogen) atoms. The first-order chi connectivity index (χ1) is 14.1. The van der Waals surface area contributed by atoms with Crippen LogP contribution < -0.4 is 9.80 Å². The van der Waals surface area contributed by atoms with Crippen molar-refractivity contribution in [1.29, 1.82) is 0 Å². The Morgan fingerprint density at radius 3 is 2.24 bits per heavy atom. The minimum atomic E-state index is -0.0263. The fourth-order valence-electron chi connectivity index (χ4n) is 3.90. The smallest absolute Gasteiger partial charge is 0.253 e. The average molecular weight is 393 g/mol. The molecule has 0 bridgehead atoms. The van der Waals surface area contributed by atoms with Gasteiger partial charge in [0.2, 0.25) is 5.91 Å². The highest BCUT2D eigenvalue weighted by Gasteiger charge is 2.22. The minimum absolute atomic E-state index is 0.0263. The van der Waals surface area contributed by atoms with Crippen molar-refractivity contribution in [3.63, 3.8) is 0 Å². The molecule has 4 rings (SSSR count). The Balaban J connectivity index is 1.37. The van der Waals surface area contributed by atoms with Gasteiger partial charge in [-0.25, -0.2) is 0 Å². The van der Waals surface area contributed by atoms with Gasteiger partial charge >= 0.3 is 0 Å². The summed E-state index contributed by atoms with van der Waals surface area (Å²) in [5.74, 6) is 0.128. The number of morpholine rings is 1. The molecule has 0 saturated carbocycles. The van der Waals surface area contributed by atoms with E-state index in [4.69, 9.17) is 4.74 Å². The first-order valence-electron chi connectivity index (χ1n) is 10.2. The van der Waals surface area contributed by atoms with E-state index in [1.165, 1.54) is 5.69 Å². The zero-order valence-electron chi connectivity index (χ0n) is 16.8. The van der Waals surface area contributed by atoms with Crippen molar-refractivity contribution in [2.24, 2.45) is 0 Å². The maximum absolute atomic E-state index is 12.8. The van der Waals surface area contributed by atoms with Gasteiger partial charge in [0, 0.05) is 56.6 Å². The SMILES string of the molecule is CN(Cc1ccc(N2CCOCC2)cc1)C(=O)c1ccc(N2CCCC2=O)cc1. The molecule has 6 nitrogen and oxygen atoms in total. The lowest BCUT2D eigenvalue weighted by molar-refractivity contribution is -0.117. The number of hydrogen-bond donors (Lipinski definition) is 0. The number of amides is 2. The molecule has 2 aromatic rings. The number of carbonyl (C=O) groups is 2. The molecular formula is C23H27N3O3. The molecule has 2 saturated heterocycles. The predicted molar refractivity (Wildman–Crippen MR) is 113 cm³/mol. The second-order valence-electron chi connectivity index (χ2n) is 7.62. The Hall–Kier alpha value is -2.86. The van der Waals surface area contributed by atoms with Crippen molar-refractivity contribution in [1.82, 2.24) is 4.90 Å². The van der Waals surface area contributed by atoms with E-state index in [-0.39, 0.29) is 11.8 Å². The Morgan fingerprint density at radius 2 is 1.62 bits per heavy atom. The minimum Gasteiger partial charge on any atom is -0.378 e. The summed E-state index contributed by atoms with van der Waals surface area (Å²) in [5.41, 5.74) is 3.79. The molecule has 0 atom stereocenters. The van der Waals surface area contributed by atoms with Gasteiger partial charge in [-0.15, -0.1) is 0 Å². The zero-order valence-corrected chi connectivity index (χ0v) is 16.8. The van der Waals surface area contributed by atoms with Crippen molar-refractivity contribution in [3.8, 4) is 0 Å². The van der Waals surface area contributed by atoms with Crippen LogP contribution in [-0.2, 0) is 16.1 Å². The third-order valence-corrected chi connectivity index (χ3v) is 5.58. The quantitative estimate of drug-likeness (QED) is 0.784. The van der Waals surface area contributed by atoms with E-state index in [0.29, 0.717) is 18.5 Å². The van der Waals surface area contributed by atoms with Gasteiger partial charge in [0.25, 0.3) is 5.91 Å². The fourth-order valence-corrected chi connectivity index (χ4v) is 3.90. The van der Waals surface area contributed by atoms with Crippen LogP contribution in [0.2, 0.25) is 0 Å². The summed E-state index contributed by atoms with van der Waals surface area (Å²) in [4.78, 5) is 30.5. The molecular weight excluding hydrogens is 366 g/mol. The Morgan fingerprint density at radius 1 is 0.966 bits per heavy atom. The number of nitrogens with zero attached hydrogens (tertiary/aromatic N) is 3. The van der Waals surface area contributed by atoms with E-state index in [1.54, 1.807) is 21.9 Å². The monoisotopic (exact) mass is 393 g/mol. The highest BCUT2D eigenvalue weighted by molar-refractivity contribution is 5.97. The van der Waals surface area contributed by atoms with Gasteiger partial charge in [0.1, 0.15) is 0 Å². The highest BCUT2D eigenvalue weighted by Crippen LogP contribution is 2.22. The molecule has 0 unspecified atom stereocenters. The van der Waals surface area contributed by atoms with Gasteiger partial charge in [0.05, 0.1) is 13.2 Å². The van der Waals surface area contributed by atoms with Crippen LogP contribution >= 0.6 is 0 Å². The summed E-state index contributed by atoms with van der Waals surface area (Å²) in [5, 5.41) is 0. The van der Waals surface area contributed by atoms with Crippen LogP contribution in [-0.4, -0.2) is 56.6 Å². The maximum Gasteiger partial charge on any atom is 0.253 e. The molecule has 152 valence electrons. The summed E-state index contributed by atoms with van der Waals surface area (Å²) in [7, 11) is 1.82. The van der Waals surface area contributed by atoms with E-state index in [9.17, 15) is 9.59 Å². The molecule has 0 aromatic heterocycles. The molecule has 6 heteroatoms. The summed E-state index contributed by atoms with van der Waals surface area (Å²) in [6.45, 7) is 4.67. The molecule has 0 aliphatic carbocycles. The third kappa shape index (κ3) is 4.43. The number of anilines is 2. The van der Waals surface area contributed by atoms with E-state index in [2.05, 4.69) is 29.2 Å². The van der Waals surface area contributed by atoms with Crippen molar-refractivity contribution in [3.05, 3.63) is 59.7 Å². The normalized spacial score (nSPS) is 16.9. The van der Waals surface area contributed by atoms with Gasteiger partial charge in [-0.2, -0.15) is 0 Å². The summed E-state index contributed by atoms with van der Waals surface area (Å²) in [6.07, 6.45) is 1.50. The molecule has 0 N–H and O–H groups in total. The average Bonchev–Trinajstić information content (AvgIpc) is 3.20. The van der Waals surface area contributed by atoms with E-state index in [0.717, 1.165) is 50.5 Å². The van der Waals surface area contributed by atoms with Crippen molar-refractivity contribution in [2.75, 3.05) is 49.7 Å². The third-order valence-electron chi connectivity index (χ3n) is 5.58.